The minimum absolute atomic E-state index is 0.0315. The fraction of sp³-hybridized carbons (Fsp3) is 0.444. The van der Waals surface area contributed by atoms with Crippen molar-refractivity contribution >= 4 is 34.9 Å². The van der Waals surface area contributed by atoms with Crippen LogP contribution in [0.5, 0.6) is 0 Å². The van der Waals surface area contributed by atoms with Gasteiger partial charge in [-0.15, -0.1) is 5.10 Å². The number of nitrogens with one attached hydrogen (secondary N) is 1. The summed E-state index contributed by atoms with van der Waals surface area (Å²) in [5.41, 5.74) is -1.34. The van der Waals surface area contributed by atoms with Crippen LogP contribution in [0.25, 0.3) is 10.9 Å². The lowest BCUT2D eigenvalue weighted by Gasteiger charge is -2.19. The Morgan fingerprint density at radius 1 is 1.04 bits per heavy atom. The molecule has 0 saturated carbocycles. The predicted molar refractivity (Wildman–Crippen MR) is 98.2 cm³/mol. The van der Waals surface area contributed by atoms with Gasteiger partial charge in [0.05, 0.1) is 11.1 Å². The third kappa shape index (κ3) is 5.19. The first-order chi connectivity index (χ1) is 12.3. The number of ether oxygens (including phenoxy) is 2. The normalized spacial score (nSPS) is 11.9. The molecule has 0 aliphatic carbocycles. The highest BCUT2D eigenvalue weighted by atomic mass is 16.6. The zero-order chi connectivity index (χ0) is 20.6. The van der Waals surface area contributed by atoms with Gasteiger partial charge in [-0.25, -0.2) is 14.4 Å². The molecule has 1 aromatic carbocycles. The van der Waals surface area contributed by atoms with Gasteiger partial charge in [-0.05, 0) is 59.7 Å². The summed E-state index contributed by atoms with van der Waals surface area (Å²) in [5, 5.41) is 16.1. The number of nitrogens with zero attached hydrogens (tertiary/aromatic N) is 2. The van der Waals surface area contributed by atoms with Crippen LogP contribution in [0.4, 0.5) is 15.4 Å². The number of carboxylic acids is 1. The van der Waals surface area contributed by atoms with E-state index >= 15 is 0 Å². The van der Waals surface area contributed by atoms with Gasteiger partial charge in [0.25, 0.3) is 0 Å². The predicted octanol–water partition coefficient (Wildman–Crippen LogP) is 3.86. The number of aromatic nitrogens is 2. The van der Waals surface area contributed by atoms with Crippen LogP contribution in [0.1, 0.15) is 51.9 Å². The first kappa shape index (κ1) is 20.2. The molecule has 0 spiro atoms. The largest absolute Gasteiger partial charge is 0.478 e. The van der Waals surface area contributed by atoms with Crippen molar-refractivity contribution in [2.45, 2.75) is 52.7 Å². The number of carbonyl (C=O) groups excluding carboxylic acids is 2. The molecule has 1 aromatic heterocycles. The standard InChI is InChI=1S/C18H23N3O6/c1-17(2,3)26-15(24)19-13-11-8-7-10(14(22)23)9-12(11)21(20-13)16(25)27-18(4,5)6/h7-9H,1-6H3,(H,22,23)(H,19,20,24). The van der Waals surface area contributed by atoms with Gasteiger partial charge in [-0.1, -0.05) is 0 Å². The number of aromatic carboxylic acids is 1. The van der Waals surface area contributed by atoms with Crippen molar-refractivity contribution in [1.82, 2.24) is 9.78 Å². The number of hydrogen-bond acceptors (Lipinski definition) is 6. The Kier molecular flexibility index (Phi) is 5.17. The highest BCUT2D eigenvalue weighted by Crippen LogP contribution is 2.26. The summed E-state index contributed by atoms with van der Waals surface area (Å²) in [7, 11) is 0. The summed E-state index contributed by atoms with van der Waals surface area (Å²) in [5.74, 6) is -1.10. The maximum absolute atomic E-state index is 12.5. The highest BCUT2D eigenvalue weighted by Gasteiger charge is 2.25. The van der Waals surface area contributed by atoms with E-state index in [1.54, 1.807) is 41.5 Å². The first-order valence-electron chi connectivity index (χ1n) is 8.26. The minimum atomic E-state index is -1.16. The van der Waals surface area contributed by atoms with Crippen LogP contribution in [0, 0.1) is 0 Å². The monoisotopic (exact) mass is 377 g/mol. The topological polar surface area (TPSA) is 120 Å². The van der Waals surface area contributed by atoms with Crippen LogP contribution in [-0.4, -0.2) is 44.2 Å². The molecule has 0 saturated heterocycles. The van der Waals surface area contributed by atoms with Crippen LogP contribution in [-0.2, 0) is 9.47 Å². The van der Waals surface area contributed by atoms with E-state index in [1.165, 1.54) is 18.2 Å². The fourth-order valence-electron chi connectivity index (χ4n) is 2.18. The second-order valence-electron chi connectivity index (χ2n) is 7.90. The maximum atomic E-state index is 12.5. The summed E-state index contributed by atoms with van der Waals surface area (Å²) in [6.45, 7) is 10.2. The molecule has 0 aliphatic rings. The molecule has 0 unspecified atom stereocenters. The van der Waals surface area contributed by atoms with Crippen LogP contribution in [0.2, 0.25) is 0 Å². The maximum Gasteiger partial charge on any atom is 0.435 e. The second-order valence-corrected chi connectivity index (χ2v) is 7.90. The third-order valence-corrected chi connectivity index (χ3v) is 3.11. The van der Waals surface area contributed by atoms with E-state index in [2.05, 4.69) is 10.4 Å². The molecule has 9 heteroatoms. The van der Waals surface area contributed by atoms with E-state index in [0.717, 1.165) is 4.68 Å². The van der Waals surface area contributed by atoms with Crippen molar-refractivity contribution in [3.05, 3.63) is 23.8 Å². The van der Waals surface area contributed by atoms with Gasteiger partial charge in [0.1, 0.15) is 11.2 Å². The Labute approximate surface area is 156 Å². The lowest BCUT2D eigenvalue weighted by atomic mass is 10.1. The number of fused-ring (bicyclic) bond motifs is 1. The van der Waals surface area contributed by atoms with Gasteiger partial charge in [0.15, 0.2) is 5.82 Å². The number of rotatable bonds is 2. The Morgan fingerprint density at radius 2 is 1.63 bits per heavy atom. The van der Waals surface area contributed by atoms with Gasteiger partial charge >= 0.3 is 18.2 Å². The van der Waals surface area contributed by atoms with Crippen LogP contribution < -0.4 is 5.32 Å². The molecule has 27 heavy (non-hydrogen) atoms. The van der Waals surface area contributed by atoms with E-state index < -0.39 is 29.4 Å². The summed E-state index contributed by atoms with van der Waals surface area (Å²) < 4.78 is 11.4. The third-order valence-electron chi connectivity index (χ3n) is 3.11. The lowest BCUT2D eigenvalue weighted by molar-refractivity contribution is 0.0519. The quantitative estimate of drug-likeness (QED) is 0.815. The Balaban J connectivity index is 2.50. The number of amides is 1. The van der Waals surface area contributed by atoms with Crippen molar-refractivity contribution in [2.24, 2.45) is 0 Å². The molecule has 146 valence electrons. The zero-order valence-corrected chi connectivity index (χ0v) is 16.1. The molecule has 2 aromatic rings. The van der Waals surface area contributed by atoms with Crippen LogP contribution >= 0.6 is 0 Å². The molecule has 0 atom stereocenters. The SMILES string of the molecule is CC(C)(C)OC(=O)Nc1nn(C(=O)OC(C)(C)C)c2cc(C(=O)O)ccc12. The number of carboxylic acid groups (broad SMARTS) is 1. The van der Waals surface area contributed by atoms with E-state index in [-0.39, 0.29) is 16.9 Å². The molecule has 1 amide bonds. The van der Waals surface area contributed by atoms with Gasteiger partial charge < -0.3 is 14.6 Å². The average Bonchev–Trinajstić information content (AvgIpc) is 2.81. The molecule has 1 heterocycles. The van der Waals surface area contributed by atoms with Gasteiger partial charge in [0, 0.05) is 5.39 Å². The zero-order valence-electron chi connectivity index (χ0n) is 16.1. The summed E-state index contributed by atoms with van der Waals surface area (Å²) in [6.07, 6.45) is -1.55. The molecular weight excluding hydrogens is 354 g/mol. The van der Waals surface area contributed by atoms with Gasteiger partial charge in [0.2, 0.25) is 0 Å². The van der Waals surface area contributed by atoms with E-state index in [4.69, 9.17) is 9.47 Å². The van der Waals surface area contributed by atoms with Crippen molar-refractivity contribution in [3.63, 3.8) is 0 Å². The number of carbonyl (C=O) groups is 3. The molecule has 2 N–H and O–H groups in total. The number of benzene rings is 1. The summed E-state index contributed by atoms with van der Waals surface area (Å²) in [6, 6.07) is 4.10. The molecule has 0 bridgehead atoms. The van der Waals surface area contributed by atoms with E-state index in [9.17, 15) is 19.5 Å². The van der Waals surface area contributed by atoms with Crippen molar-refractivity contribution in [1.29, 1.82) is 0 Å². The smallest absolute Gasteiger partial charge is 0.435 e. The van der Waals surface area contributed by atoms with Crippen molar-refractivity contribution in [2.75, 3.05) is 5.32 Å². The number of anilines is 1. The summed E-state index contributed by atoms with van der Waals surface area (Å²) in [4.78, 5) is 35.8. The van der Waals surface area contributed by atoms with E-state index in [1.807, 2.05) is 0 Å². The van der Waals surface area contributed by atoms with Crippen molar-refractivity contribution in [3.8, 4) is 0 Å². The van der Waals surface area contributed by atoms with Crippen LogP contribution in [0.15, 0.2) is 18.2 Å². The minimum Gasteiger partial charge on any atom is -0.478 e. The molecule has 0 radical (unpaired) electrons. The Bertz CT molecular complexity index is 902. The number of hydrogen-bond donors (Lipinski definition) is 2. The van der Waals surface area contributed by atoms with E-state index in [0.29, 0.717) is 5.39 Å². The lowest BCUT2D eigenvalue weighted by Crippen LogP contribution is -2.28. The molecule has 0 fully saturated rings. The highest BCUT2D eigenvalue weighted by molar-refractivity contribution is 6.03. The first-order valence-corrected chi connectivity index (χ1v) is 8.26. The second kappa shape index (κ2) is 6.90. The fourth-order valence-corrected chi connectivity index (χ4v) is 2.18. The Hall–Kier alpha value is -3.10. The average molecular weight is 377 g/mol. The van der Waals surface area contributed by atoms with Gasteiger partial charge in [-0.3, -0.25) is 5.32 Å². The van der Waals surface area contributed by atoms with Crippen LogP contribution in [0.3, 0.4) is 0 Å². The molecule has 0 aliphatic heterocycles. The summed E-state index contributed by atoms with van der Waals surface area (Å²) >= 11 is 0. The van der Waals surface area contributed by atoms with Gasteiger partial charge in [-0.2, -0.15) is 4.68 Å². The molecular formula is C18H23N3O6. The molecule has 2 rings (SSSR count). The van der Waals surface area contributed by atoms with Crippen molar-refractivity contribution < 1.29 is 29.0 Å². The Morgan fingerprint density at radius 3 is 2.15 bits per heavy atom. The molecule has 9 nitrogen and oxygen atoms in total.